The zero-order valence-electron chi connectivity index (χ0n) is 28.6. The topological polar surface area (TPSA) is 61.8 Å². The van der Waals surface area contributed by atoms with Crippen molar-refractivity contribution in [2.75, 3.05) is 57.9 Å². The van der Waals surface area contributed by atoms with Crippen LogP contribution in [0.25, 0.3) is 0 Å². The number of para-hydroxylation sites is 1. The second kappa shape index (κ2) is 19.3. The Bertz CT molecular complexity index is 1100. The Morgan fingerprint density at radius 1 is 0.864 bits per heavy atom. The molecular formula is C38H62N3O3+. The molecule has 246 valence electrons. The van der Waals surface area contributed by atoms with Crippen LogP contribution in [0, 0.1) is 27.7 Å². The Kier molecular flexibility index (Phi) is 15.9. The number of piperidine rings is 1. The van der Waals surface area contributed by atoms with Gasteiger partial charge in [-0.25, -0.2) is 0 Å². The Labute approximate surface area is 268 Å². The summed E-state index contributed by atoms with van der Waals surface area (Å²) in [6, 6.07) is 12.8. The first-order chi connectivity index (χ1) is 21.3. The molecule has 3 rings (SSSR count). The summed E-state index contributed by atoms with van der Waals surface area (Å²) in [4.78, 5) is 15.8. The number of nitrogens with zero attached hydrogens (tertiary/aromatic N) is 2. The van der Waals surface area contributed by atoms with Crippen LogP contribution < -0.4 is 5.32 Å². The van der Waals surface area contributed by atoms with E-state index in [1.807, 2.05) is 0 Å². The number of carbonyl (C=O) groups excluding carboxylic acids is 1. The number of ether oxygens (including phenoxy) is 1. The van der Waals surface area contributed by atoms with Crippen LogP contribution in [-0.4, -0.2) is 79.0 Å². The number of aliphatic hydroxyl groups excluding tert-OH is 1. The van der Waals surface area contributed by atoms with E-state index in [4.69, 9.17) is 4.74 Å². The van der Waals surface area contributed by atoms with Gasteiger partial charge in [0.2, 0.25) is 5.91 Å². The van der Waals surface area contributed by atoms with Crippen LogP contribution in [0.4, 0.5) is 5.69 Å². The maximum absolute atomic E-state index is 13.4. The van der Waals surface area contributed by atoms with Crippen molar-refractivity contribution >= 4 is 11.6 Å². The van der Waals surface area contributed by atoms with E-state index in [0.717, 1.165) is 73.3 Å². The molecule has 2 unspecified atom stereocenters. The van der Waals surface area contributed by atoms with Crippen LogP contribution in [0.3, 0.4) is 0 Å². The summed E-state index contributed by atoms with van der Waals surface area (Å²) in [6.07, 6.45) is 11.7. The van der Waals surface area contributed by atoms with E-state index in [9.17, 15) is 9.90 Å². The minimum atomic E-state index is -0.0260. The number of unbranched alkanes of at least 4 members (excludes halogenated alkanes) is 5. The summed E-state index contributed by atoms with van der Waals surface area (Å²) in [5.41, 5.74) is 7.49. The zero-order valence-corrected chi connectivity index (χ0v) is 28.6. The normalized spacial score (nSPS) is 17.0. The van der Waals surface area contributed by atoms with Gasteiger partial charge in [-0.1, -0.05) is 62.6 Å². The third-order valence-corrected chi connectivity index (χ3v) is 9.79. The molecule has 6 heteroatoms. The minimum Gasteiger partial charge on any atom is -0.394 e. The number of rotatable bonds is 20. The number of amides is 1. The van der Waals surface area contributed by atoms with Gasteiger partial charge in [0.25, 0.3) is 0 Å². The number of aryl methyl sites for hydroxylation is 4. The lowest BCUT2D eigenvalue weighted by Gasteiger charge is -2.40. The van der Waals surface area contributed by atoms with E-state index in [1.165, 1.54) is 68.2 Å². The molecule has 2 aromatic carbocycles. The SMILES string of the molecule is CCCCC[N+](CCCCCCN1CCCCC1C(=O)Nc1c(C)cccc1C)(CCOCCO)Cc1c(C)cccc1C. The van der Waals surface area contributed by atoms with E-state index in [2.05, 4.69) is 81.2 Å². The Hall–Kier alpha value is -2.25. The van der Waals surface area contributed by atoms with Crippen molar-refractivity contribution in [2.45, 2.75) is 111 Å². The van der Waals surface area contributed by atoms with Crippen molar-refractivity contribution in [3.05, 3.63) is 64.2 Å². The second-order valence-electron chi connectivity index (χ2n) is 13.3. The number of anilines is 1. The minimum absolute atomic E-state index is 0.0260. The molecular weight excluding hydrogens is 546 g/mol. The highest BCUT2D eigenvalue weighted by atomic mass is 16.5. The van der Waals surface area contributed by atoms with Crippen LogP contribution in [-0.2, 0) is 16.1 Å². The largest absolute Gasteiger partial charge is 0.394 e. The van der Waals surface area contributed by atoms with E-state index < -0.39 is 0 Å². The predicted molar refractivity (Wildman–Crippen MR) is 184 cm³/mol. The van der Waals surface area contributed by atoms with Gasteiger partial charge in [0.05, 0.1) is 39.0 Å². The number of quaternary nitrogens is 1. The van der Waals surface area contributed by atoms with Crippen LogP contribution in [0.15, 0.2) is 36.4 Å². The number of hydrogen-bond donors (Lipinski definition) is 2. The molecule has 0 spiro atoms. The van der Waals surface area contributed by atoms with Gasteiger partial charge in [0.1, 0.15) is 13.1 Å². The van der Waals surface area contributed by atoms with Crippen molar-refractivity contribution in [3.63, 3.8) is 0 Å². The molecule has 0 bridgehead atoms. The average Bonchev–Trinajstić information content (AvgIpc) is 3.01. The summed E-state index contributed by atoms with van der Waals surface area (Å²) >= 11 is 0. The average molecular weight is 609 g/mol. The second-order valence-corrected chi connectivity index (χ2v) is 13.3. The van der Waals surface area contributed by atoms with Crippen molar-refractivity contribution < 1.29 is 19.1 Å². The number of aliphatic hydroxyl groups is 1. The smallest absolute Gasteiger partial charge is 0.241 e. The van der Waals surface area contributed by atoms with Crippen molar-refractivity contribution in [2.24, 2.45) is 0 Å². The third-order valence-electron chi connectivity index (χ3n) is 9.79. The number of carbonyl (C=O) groups is 1. The zero-order chi connectivity index (χ0) is 31.8. The summed E-state index contributed by atoms with van der Waals surface area (Å²) in [6.45, 7) is 18.5. The van der Waals surface area contributed by atoms with Crippen LogP contribution in [0.2, 0.25) is 0 Å². The third kappa shape index (κ3) is 11.3. The standard InChI is InChI=1S/C38H61N3O3/c1-6-7-13-24-41(26-28-44-29-27-42,30-35-31(2)17-15-18-32(35)3)25-14-9-8-11-22-40-23-12-10-21-36(40)38(43)39-37-33(4)19-16-20-34(37)5/h15-20,36,42H,6-14,21-30H2,1-5H3/p+1. The Morgan fingerprint density at radius 3 is 2.16 bits per heavy atom. The van der Waals surface area contributed by atoms with Gasteiger partial charge in [0, 0.05) is 11.3 Å². The van der Waals surface area contributed by atoms with Gasteiger partial charge in [-0.05, 0) is 108 Å². The lowest BCUT2D eigenvalue weighted by molar-refractivity contribution is -0.941. The molecule has 2 aromatic rings. The first-order valence-corrected chi connectivity index (χ1v) is 17.5. The fourth-order valence-corrected chi connectivity index (χ4v) is 7.02. The Balaban J connectivity index is 1.57. The molecule has 0 aromatic heterocycles. The quantitative estimate of drug-likeness (QED) is 0.121. The maximum Gasteiger partial charge on any atom is 0.241 e. The summed E-state index contributed by atoms with van der Waals surface area (Å²) < 4.78 is 6.89. The summed E-state index contributed by atoms with van der Waals surface area (Å²) in [5.74, 6) is 0.158. The highest BCUT2D eigenvalue weighted by molar-refractivity contribution is 5.96. The molecule has 2 atom stereocenters. The fraction of sp³-hybridized carbons (Fsp3) is 0.658. The van der Waals surface area contributed by atoms with Gasteiger partial charge in [-0.3, -0.25) is 9.69 Å². The van der Waals surface area contributed by atoms with Gasteiger partial charge in [0.15, 0.2) is 0 Å². The summed E-state index contributed by atoms with van der Waals surface area (Å²) in [7, 11) is 0. The van der Waals surface area contributed by atoms with E-state index in [-0.39, 0.29) is 18.6 Å². The number of likely N-dealkylation sites (tertiary alicyclic amines) is 1. The lowest BCUT2D eigenvalue weighted by atomic mass is 9.99. The molecule has 0 saturated carbocycles. The maximum atomic E-state index is 13.4. The van der Waals surface area contributed by atoms with Gasteiger partial charge in [-0.15, -0.1) is 0 Å². The molecule has 1 fully saturated rings. The monoisotopic (exact) mass is 608 g/mol. The van der Waals surface area contributed by atoms with E-state index in [1.54, 1.807) is 0 Å². The molecule has 1 heterocycles. The molecule has 0 aliphatic carbocycles. The van der Waals surface area contributed by atoms with Crippen molar-refractivity contribution in [3.8, 4) is 0 Å². The molecule has 0 radical (unpaired) electrons. The first kappa shape index (κ1) is 36.2. The highest BCUT2D eigenvalue weighted by Gasteiger charge is 2.30. The number of nitrogens with one attached hydrogen (secondary N) is 1. The number of hydrogen-bond acceptors (Lipinski definition) is 4. The molecule has 44 heavy (non-hydrogen) atoms. The molecule has 1 aliphatic heterocycles. The van der Waals surface area contributed by atoms with Crippen LogP contribution in [0.5, 0.6) is 0 Å². The van der Waals surface area contributed by atoms with Gasteiger partial charge < -0.3 is 19.6 Å². The van der Waals surface area contributed by atoms with Crippen molar-refractivity contribution in [1.82, 2.24) is 4.90 Å². The van der Waals surface area contributed by atoms with Gasteiger partial charge in [-0.2, -0.15) is 0 Å². The summed E-state index contributed by atoms with van der Waals surface area (Å²) in [5, 5.41) is 12.5. The predicted octanol–water partition coefficient (Wildman–Crippen LogP) is 7.49. The van der Waals surface area contributed by atoms with Crippen LogP contribution >= 0.6 is 0 Å². The molecule has 6 nitrogen and oxygen atoms in total. The molecule has 1 amide bonds. The first-order valence-electron chi connectivity index (χ1n) is 17.5. The van der Waals surface area contributed by atoms with Crippen LogP contribution in [0.1, 0.15) is 98.9 Å². The lowest BCUT2D eigenvalue weighted by Crippen LogP contribution is -2.51. The van der Waals surface area contributed by atoms with Crippen molar-refractivity contribution in [1.29, 1.82) is 0 Å². The molecule has 2 N–H and O–H groups in total. The van der Waals surface area contributed by atoms with E-state index >= 15 is 0 Å². The highest BCUT2D eigenvalue weighted by Crippen LogP contribution is 2.26. The fourth-order valence-electron chi connectivity index (χ4n) is 7.02. The van der Waals surface area contributed by atoms with E-state index in [0.29, 0.717) is 13.2 Å². The molecule has 1 saturated heterocycles. The Morgan fingerprint density at radius 2 is 1.50 bits per heavy atom. The number of benzene rings is 2. The van der Waals surface area contributed by atoms with Gasteiger partial charge >= 0.3 is 0 Å². The molecule has 1 aliphatic rings.